The Morgan fingerprint density at radius 2 is 1.78 bits per heavy atom. The number of aryl methyl sites for hydroxylation is 2. The molecule has 0 aliphatic carbocycles. The van der Waals surface area contributed by atoms with E-state index >= 15 is 0 Å². The van der Waals surface area contributed by atoms with Crippen molar-refractivity contribution in [1.29, 1.82) is 0 Å². The van der Waals surface area contributed by atoms with Gasteiger partial charge in [-0.2, -0.15) is 0 Å². The van der Waals surface area contributed by atoms with Gasteiger partial charge in [0, 0.05) is 30.9 Å². The van der Waals surface area contributed by atoms with Gasteiger partial charge in [-0.3, -0.25) is 0 Å². The lowest BCUT2D eigenvalue weighted by molar-refractivity contribution is 0.337. The van der Waals surface area contributed by atoms with Crippen LogP contribution in [-0.4, -0.2) is 25.2 Å². The normalized spacial score (nSPS) is 24.7. The number of nitrogens with zero attached hydrogens (tertiary/aromatic N) is 1. The molecular weight excluding hydrogens is 220 g/mol. The van der Waals surface area contributed by atoms with Gasteiger partial charge in [0.2, 0.25) is 0 Å². The fourth-order valence-corrected chi connectivity index (χ4v) is 2.81. The largest absolute Gasteiger partial charge is 0.366 e. The molecule has 0 aromatic heterocycles. The molecule has 1 aromatic rings. The Morgan fingerprint density at radius 1 is 1.17 bits per heavy atom. The summed E-state index contributed by atoms with van der Waals surface area (Å²) in [7, 11) is 0. The highest BCUT2D eigenvalue weighted by Gasteiger charge is 2.26. The van der Waals surface area contributed by atoms with E-state index in [1.807, 2.05) is 0 Å². The molecule has 1 aliphatic heterocycles. The SMILES string of the molecule is Cc1cc(C)cc(N2CC(C(C)C)NCC2C)c1. The zero-order valence-electron chi connectivity index (χ0n) is 12.3. The van der Waals surface area contributed by atoms with E-state index in [4.69, 9.17) is 0 Å². The lowest BCUT2D eigenvalue weighted by Crippen LogP contribution is -2.57. The van der Waals surface area contributed by atoms with Crippen LogP contribution in [0.15, 0.2) is 18.2 Å². The summed E-state index contributed by atoms with van der Waals surface area (Å²) in [4.78, 5) is 2.56. The number of hydrogen-bond donors (Lipinski definition) is 1. The van der Waals surface area contributed by atoms with Gasteiger partial charge in [-0.1, -0.05) is 19.9 Å². The van der Waals surface area contributed by atoms with Gasteiger partial charge in [-0.25, -0.2) is 0 Å². The second-order valence-corrected chi connectivity index (χ2v) is 6.11. The van der Waals surface area contributed by atoms with Crippen LogP contribution in [0.25, 0.3) is 0 Å². The quantitative estimate of drug-likeness (QED) is 0.862. The van der Waals surface area contributed by atoms with E-state index in [0.29, 0.717) is 18.0 Å². The first-order valence-corrected chi connectivity index (χ1v) is 7.05. The fourth-order valence-electron chi connectivity index (χ4n) is 2.81. The minimum Gasteiger partial charge on any atom is -0.366 e. The van der Waals surface area contributed by atoms with E-state index < -0.39 is 0 Å². The van der Waals surface area contributed by atoms with Crippen LogP contribution in [0.4, 0.5) is 5.69 Å². The van der Waals surface area contributed by atoms with Crippen molar-refractivity contribution in [3.8, 4) is 0 Å². The van der Waals surface area contributed by atoms with E-state index in [9.17, 15) is 0 Å². The van der Waals surface area contributed by atoms with E-state index in [2.05, 4.69) is 63.0 Å². The Balaban J connectivity index is 2.23. The van der Waals surface area contributed by atoms with Crippen LogP contribution >= 0.6 is 0 Å². The van der Waals surface area contributed by atoms with Crippen molar-refractivity contribution in [3.63, 3.8) is 0 Å². The monoisotopic (exact) mass is 246 g/mol. The van der Waals surface area contributed by atoms with Crippen molar-refractivity contribution < 1.29 is 0 Å². The zero-order valence-corrected chi connectivity index (χ0v) is 12.3. The first-order valence-electron chi connectivity index (χ1n) is 7.05. The average molecular weight is 246 g/mol. The lowest BCUT2D eigenvalue weighted by atomic mass is 9.98. The second kappa shape index (κ2) is 5.31. The van der Waals surface area contributed by atoms with Gasteiger partial charge in [0.15, 0.2) is 0 Å². The molecule has 100 valence electrons. The van der Waals surface area contributed by atoms with E-state index in [1.54, 1.807) is 0 Å². The molecule has 1 saturated heterocycles. The van der Waals surface area contributed by atoms with Crippen LogP contribution in [0.3, 0.4) is 0 Å². The molecule has 2 heteroatoms. The highest BCUT2D eigenvalue weighted by Crippen LogP contribution is 2.24. The molecule has 1 N–H and O–H groups in total. The summed E-state index contributed by atoms with van der Waals surface area (Å²) in [6.45, 7) is 13.5. The van der Waals surface area contributed by atoms with Gasteiger partial charge in [0.05, 0.1) is 0 Å². The Bertz CT molecular complexity index is 391. The third-order valence-electron chi connectivity index (χ3n) is 3.94. The van der Waals surface area contributed by atoms with Gasteiger partial charge >= 0.3 is 0 Å². The number of nitrogens with one attached hydrogen (secondary N) is 1. The Morgan fingerprint density at radius 3 is 2.33 bits per heavy atom. The molecule has 1 fully saturated rings. The van der Waals surface area contributed by atoms with Crippen molar-refractivity contribution >= 4 is 5.69 Å². The van der Waals surface area contributed by atoms with Gasteiger partial charge in [-0.15, -0.1) is 0 Å². The van der Waals surface area contributed by atoms with Crippen LogP contribution in [0, 0.1) is 19.8 Å². The predicted octanol–water partition coefficient (Wildman–Crippen LogP) is 3.13. The van der Waals surface area contributed by atoms with E-state index in [0.717, 1.165) is 13.1 Å². The molecule has 0 amide bonds. The maximum atomic E-state index is 3.66. The number of benzene rings is 1. The molecule has 18 heavy (non-hydrogen) atoms. The predicted molar refractivity (Wildman–Crippen MR) is 79.4 cm³/mol. The maximum absolute atomic E-state index is 3.66. The molecule has 2 atom stereocenters. The van der Waals surface area contributed by atoms with Crippen LogP contribution < -0.4 is 10.2 Å². The van der Waals surface area contributed by atoms with Gasteiger partial charge < -0.3 is 10.2 Å². The highest BCUT2D eigenvalue weighted by atomic mass is 15.2. The minimum atomic E-state index is 0.571. The first kappa shape index (κ1) is 13.4. The summed E-state index contributed by atoms with van der Waals surface area (Å²) in [6.07, 6.45) is 0. The molecule has 1 aliphatic rings. The Kier molecular flexibility index (Phi) is 3.96. The lowest BCUT2D eigenvalue weighted by Gasteiger charge is -2.42. The van der Waals surface area contributed by atoms with Crippen molar-refractivity contribution in [1.82, 2.24) is 5.32 Å². The molecule has 2 rings (SSSR count). The Hall–Kier alpha value is -1.02. The Labute approximate surface area is 111 Å². The highest BCUT2D eigenvalue weighted by molar-refractivity contribution is 5.52. The smallest absolute Gasteiger partial charge is 0.0387 e. The second-order valence-electron chi connectivity index (χ2n) is 6.11. The summed E-state index contributed by atoms with van der Waals surface area (Å²) in [6, 6.07) is 8.04. The molecule has 0 bridgehead atoms. The molecule has 1 aromatic carbocycles. The van der Waals surface area contributed by atoms with Crippen molar-refractivity contribution in [2.75, 3.05) is 18.0 Å². The number of anilines is 1. The number of rotatable bonds is 2. The number of piperazine rings is 1. The molecule has 0 spiro atoms. The average Bonchev–Trinajstić information content (AvgIpc) is 2.27. The molecule has 2 nitrogen and oxygen atoms in total. The van der Waals surface area contributed by atoms with Crippen LogP contribution in [-0.2, 0) is 0 Å². The van der Waals surface area contributed by atoms with Crippen LogP contribution in [0.5, 0.6) is 0 Å². The zero-order chi connectivity index (χ0) is 13.3. The summed E-state index contributed by atoms with van der Waals surface area (Å²) in [5.41, 5.74) is 4.10. The maximum Gasteiger partial charge on any atom is 0.0387 e. The van der Waals surface area contributed by atoms with Crippen molar-refractivity contribution in [3.05, 3.63) is 29.3 Å². The van der Waals surface area contributed by atoms with Crippen LogP contribution in [0.2, 0.25) is 0 Å². The van der Waals surface area contributed by atoms with Crippen molar-refractivity contribution in [2.45, 2.75) is 46.7 Å². The molecule has 0 saturated carbocycles. The van der Waals surface area contributed by atoms with Gasteiger partial charge in [-0.05, 0) is 49.9 Å². The molecule has 1 heterocycles. The third kappa shape index (κ3) is 2.86. The van der Waals surface area contributed by atoms with Crippen molar-refractivity contribution in [2.24, 2.45) is 5.92 Å². The van der Waals surface area contributed by atoms with Gasteiger partial charge in [0.1, 0.15) is 0 Å². The first-order chi connectivity index (χ1) is 8.47. The van der Waals surface area contributed by atoms with E-state index in [-0.39, 0.29) is 0 Å². The molecular formula is C16H26N2. The summed E-state index contributed by atoms with van der Waals surface area (Å²) < 4.78 is 0. The van der Waals surface area contributed by atoms with Crippen LogP contribution in [0.1, 0.15) is 31.9 Å². The fraction of sp³-hybridized carbons (Fsp3) is 0.625. The van der Waals surface area contributed by atoms with Gasteiger partial charge in [0.25, 0.3) is 0 Å². The summed E-state index contributed by atoms with van der Waals surface area (Å²) in [5.74, 6) is 0.686. The molecule has 0 radical (unpaired) electrons. The van der Waals surface area contributed by atoms with E-state index in [1.165, 1.54) is 16.8 Å². The summed E-state index contributed by atoms with van der Waals surface area (Å²) >= 11 is 0. The molecule has 2 unspecified atom stereocenters. The standard InChI is InChI=1S/C16H26N2/c1-11(2)16-10-18(14(5)9-17-16)15-7-12(3)6-13(4)8-15/h6-8,11,14,16-17H,9-10H2,1-5H3. The third-order valence-corrected chi connectivity index (χ3v) is 3.94. The minimum absolute atomic E-state index is 0.571. The topological polar surface area (TPSA) is 15.3 Å². The summed E-state index contributed by atoms with van der Waals surface area (Å²) in [5, 5.41) is 3.66. The number of hydrogen-bond acceptors (Lipinski definition) is 2.